The Morgan fingerprint density at radius 3 is 2.70 bits per heavy atom. The highest BCUT2D eigenvalue weighted by atomic mass is 19.1. The van der Waals surface area contributed by atoms with E-state index in [1.807, 2.05) is 26.2 Å². The molecule has 0 radical (unpaired) electrons. The molecule has 158 valence electrons. The summed E-state index contributed by atoms with van der Waals surface area (Å²) in [6.45, 7) is 4.81. The maximum absolute atomic E-state index is 13.1. The van der Waals surface area contributed by atoms with Gasteiger partial charge >= 0.3 is 0 Å². The Labute approximate surface area is 176 Å². The molecule has 0 bridgehead atoms. The number of hydrogen-bond acceptors (Lipinski definition) is 3. The van der Waals surface area contributed by atoms with Crippen LogP contribution in [0.3, 0.4) is 0 Å². The number of piperidine rings is 1. The monoisotopic (exact) mass is 408 g/mol. The van der Waals surface area contributed by atoms with Crippen LogP contribution in [0.15, 0.2) is 48.8 Å². The van der Waals surface area contributed by atoms with Crippen molar-refractivity contribution in [1.82, 2.24) is 19.8 Å². The molecule has 1 aliphatic rings. The first-order valence-electron chi connectivity index (χ1n) is 10.7. The maximum Gasteiger partial charge on any atom is 0.223 e. The summed E-state index contributed by atoms with van der Waals surface area (Å²) in [5, 5.41) is 4.32. The Morgan fingerprint density at radius 1 is 1.23 bits per heavy atom. The van der Waals surface area contributed by atoms with E-state index in [9.17, 15) is 9.18 Å². The molecule has 1 N–H and O–H groups in total. The smallest absolute Gasteiger partial charge is 0.223 e. The summed E-state index contributed by atoms with van der Waals surface area (Å²) in [6.07, 6.45) is 6.74. The third-order valence-electron chi connectivity index (χ3n) is 6.20. The fourth-order valence-corrected chi connectivity index (χ4v) is 4.36. The van der Waals surface area contributed by atoms with Crippen LogP contribution >= 0.6 is 0 Å². The lowest BCUT2D eigenvalue weighted by Crippen LogP contribution is -2.41. The van der Waals surface area contributed by atoms with Crippen molar-refractivity contribution in [2.75, 3.05) is 19.6 Å². The normalized spacial score (nSPS) is 16.6. The van der Waals surface area contributed by atoms with Crippen LogP contribution in [-0.2, 0) is 18.3 Å². The van der Waals surface area contributed by atoms with Crippen LogP contribution in [-0.4, -0.2) is 40.0 Å². The van der Waals surface area contributed by atoms with Gasteiger partial charge in [0, 0.05) is 37.3 Å². The minimum absolute atomic E-state index is 0.0471. The van der Waals surface area contributed by atoms with Gasteiger partial charge in [0.15, 0.2) is 0 Å². The van der Waals surface area contributed by atoms with E-state index in [2.05, 4.69) is 32.0 Å². The number of carbonyl (C=O) groups is 1. The molecule has 4 rings (SSSR count). The van der Waals surface area contributed by atoms with Crippen molar-refractivity contribution in [2.24, 2.45) is 13.0 Å². The molecule has 0 unspecified atom stereocenters. The summed E-state index contributed by atoms with van der Waals surface area (Å²) in [5.41, 5.74) is 3.28. The van der Waals surface area contributed by atoms with Crippen LogP contribution in [0.25, 0.3) is 11.0 Å². The number of carbonyl (C=O) groups excluding carboxylic acids is 1. The van der Waals surface area contributed by atoms with Gasteiger partial charge in [0.1, 0.15) is 11.5 Å². The Hall–Kier alpha value is -2.73. The van der Waals surface area contributed by atoms with E-state index in [0.29, 0.717) is 0 Å². The summed E-state index contributed by atoms with van der Waals surface area (Å²) in [7, 11) is 2.04. The molecule has 30 heavy (non-hydrogen) atoms. The van der Waals surface area contributed by atoms with Crippen LogP contribution in [0.1, 0.15) is 36.9 Å². The Balaban J connectivity index is 1.26. The number of amides is 1. The number of benzene rings is 1. The number of hydrogen-bond donors (Lipinski definition) is 1. The molecular weight excluding hydrogens is 379 g/mol. The Kier molecular flexibility index (Phi) is 6.13. The van der Waals surface area contributed by atoms with Crippen LogP contribution < -0.4 is 5.32 Å². The molecule has 0 aliphatic carbocycles. The maximum atomic E-state index is 13.1. The molecule has 1 fully saturated rings. The molecule has 1 aliphatic heterocycles. The van der Waals surface area contributed by atoms with Crippen LogP contribution in [0.2, 0.25) is 0 Å². The van der Waals surface area contributed by atoms with E-state index in [1.165, 1.54) is 23.1 Å². The lowest BCUT2D eigenvalue weighted by molar-refractivity contribution is -0.127. The molecule has 3 heterocycles. The first kappa shape index (κ1) is 20.5. The second-order valence-electron chi connectivity index (χ2n) is 8.29. The van der Waals surface area contributed by atoms with E-state index in [1.54, 1.807) is 12.1 Å². The topological polar surface area (TPSA) is 50.2 Å². The molecule has 6 heteroatoms. The van der Waals surface area contributed by atoms with Gasteiger partial charge < -0.3 is 14.8 Å². The van der Waals surface area contributed by atoms with Crippen molar-refractivity contribution in [1.29, 1.82) is 0 Å². The standard InChI is InChI=1S/C24H29FN4O/c1-17(18-5-7-21(25)8-6-18)27-24(30)19-9-13-29(14-10-19)15-11-20-16-28(2)23-22(20)4-3-12-26-23/h3-8,12,16-17,19H,9-11,13-15H2,1-2H3,(H,27,30)/t17-/m1/s1. The summed E-state index contributed by atoms with van der Waals surface area (Å²) < 4.78 is 15.2. The van der Waals surface area contributed by atoms with E-state index >= 15 is 0 Å². The molecule has 2 aromatic heterocycles. The number of likely N-dealkylation sites (tertiary alicyclic amines) is 1. The van der Waals surface area contributed by atoms with Gasteiger partial charge in [-0.25, -0.2) is 9.37 Å². The number of nitrogens with zero attached hydrogens (tertiary/aromatic N) is 3. The quantitative estimate of drug-likeness (QED) is 0.674. The molecule has 0 spiro atoms. The van der Waals surface area contributed by atoms with E-state index < -0.39 is 0 Å². The second kappa shape index (κ2) is 8.96. The van der Waals surface area contributed by atoms with Crippen molar-refractivity contribution in [3.8, 4) is 0 Å². The molecule has 0 saturated carbocycles. The third kappa shape index (κ3) is 4.54. The van der Waals surface area contributed by atoms with Gasteiger partial charge in [0.25, 0.3) is 0 Å². The SMILES string of the molecule is C[C@@H](NC(=O)C1CCN(CCc2cn(C)c3ncccc23)CC1)c1ccc(F)cc1. The zero-order valence-electron chi connectivity index (χ0n) is 17.6. The molecule has 5 nitrogen and oxygen atoms in total. The van der Waals surface area contributed by atoms with Crippen molar-refractivity contribution < 1.29 is 9.18 Å². The fourth-order valence-electron chi connectivity index (χ4n) is 4.36. The number of fused-ring (bicyclic) bond motifs is 1. The predicted octanol–water partition coefficient (Wildman–Crippen LogP) is 3.84. The van der Waals surface area contributed by atoms with Gasteiger partial charge in [-0.15, -0.1) is 0 Å². The van der Waals surface area contributed by atoms with Crippen molar-refractivity contribution in [3.05, 3.63) is 65.7 Å². The molecule has 3 aromatic rings. The number of aromatic nitrogens is 2. The lowest BCUT2D eigenvalue weighted by atomic mass is 9.95. The average molecular weight is 409 g/mol. The summed E-state index contributed by atoms with van der Waals surface area (Å²) >= 11 is 0. The summed E-state index contributed by atoms with van der Waals surface area (Å²) in [4.78, 5) is 19.6. The number of rotatable bonds is 6. The van der Waals surface area contributed by atoms with Gasteiger partial charge in [0.05, 0.1) is 6.04 Å². The average Bonchev–Trinajstić information content (AvgIpc) is 3.09. The molecule has 1 amide bonds. The number of aryl methyl sites for hydroxylation is 1. The minimum atomic E-state index is -0.260. The molecule has 1 saturated heterocycles. The van der Waals surface area contributed by atoms with Crippen molar-refractivity contribution in [3.63, 3.8) is 0 Å². The van der Waals surface area contributed by atoms with Gasteiger partial charge in [-0.05, 0) is 74.7 Å². The first-order chi connectivity index (χ1) is 14.5. The molecule has 1 aromatic carbocycles. The molecule has 1 atom stereocenters. The highest BCUT2D eigenvalue weighted by Gasteiger charge is 2.26. The first-order valence-corrected chi connectivity index (χ1v) is 10.7. The van der Waals surface area contributed by atoms with Crippen LogP contribution in [0.5, 0.6) is 0 Å². The fraction of sp³-hybridized carbons (Fsp3) is 0.417. The van der Waals surface area contributed by atoms with Gasteiger partial charge in [0.2, 0.25) is 5.91 Å². The number of nitrogens with one attached hydrogen (secondary N) is 1. The molecular formula is C24H29FN4O. The van der Waals surface area contributed by atoms with Crippen molar-refractivity contribution >= 4 is 16.9 Å². The highest BCUT2D eigenvalue weighted by molar-refractivity contribution is 5.80. The number of halogens is 1. The van der Waals surface area contributed by atoms with Crippen LogP contribution in [0, 0.1) is 11.7 Å². The Morgan fingerprint density at radius 2 is 1.97 bits per heavy atom. The largest absolute Gasteiger partial charge is 0.349 e. The van der Waals surface area contributed by atoms with Gasteiger partial charge in [-0.3, -0.25) is 4.79 Å². The van der Waals surface area contributed by atoms with Crippen molar-refractivity contribution in [2.45, 2.75) is 32.2 Å². The zero-order chi connectivity index (χ0) is 21.1. The Bertz CT molecular complexity index is 1010. The summed E-state index contributed by atoms with van der Waals surface area (Å²) in [6, 6.07) is 10.3. The van der Waals surface area contributed by atoms with E-state index in [4.69, 9.17) is 0 Å². The number of pyridine rings is 1. The van der Waals surface area contributed by atoms with Crippen LogP contribution in [0.4, 0.5) is 4.39 Å². The third-order valence-corrected chi connectivity index (χ3v) is 6.20. The predicted molar refractivity (Wildman–Crippen MR) is 117 cm³/mol. The lowest BCUT2D eigenvalue weighted by Gasteiger charge is -2.31. The van der Waals surface area contributed by atoms with Gasteiger partial charge in [-0.1, -0.05) is 12.1 Å². The van der Waals surface area contributed by atoms with Gasteiger partial charge in [-0.2, -0.15) is 0 Å². The van der Waals surface area contributed by atoms with E-state index in [-0.39, 0.29) is 23.7 Å². The summed E-state index contributed by atoms with van der Waals surface area (Å²) in [5.74, 6) is -0.109. The minimum Gasteiger partial charge on any atom is -0.349 e. The zero-order valence-corrected chi connectivity index (χ0v) is 17.6. The second-order valence-corrected chi connectivity index (χ2v) is 8.29. The highest BCUT2D eigenvalue weighted by Crippen LogP contribution is 2.22. The van der Waals surface area contributed by atoms with E-state index in [0.717, 1.165) is 50.1 Å².